The van der Waals surface area contributed by atoms with Crippen LogP contribution in [-0.4, -0.2) is 50.8 Å². The molecule has 0 saturated carbocycles. The molecular formula is C22H22ClN3O4. The quantitative estimate of drug-likeness (QED) is 0.676. The number of likely N-dealkylation sites (tertiary alicyclic amines) is 1. The third kappa shape index (κ3) is 4.47. The third-order valence-corrected chi connectivity index (χ3v) is 5.64. The number of para-hydroxylation sites is 1. The van der Waals surface area contributed by atoms with E-state index in [2.05, 4.69) is 4.98 Å². The van der Waals surface area contributed by atoms with Gasteiger partial charge >= 0.3 is 0 Å². The number of aromatic nitrogens is 2. The maximum absolute atomic E-state index is 12.7. The van der Waals surface area contributed by atoms with Crippen LogP contribution in [0, 0.1) is 0 Å². The van der Waals surface area contributed by atoms with Crippen LogP contribution in [0.3, 0.4) is 0 Å². The first-order chi connectivity index (χ1) is 14.4. The molecule has 1 N–H and O–H groups in total. The summed E-state index contributed by atoms with van der Waals surface area (Å²) >= 11 is 5.96. The number of halogens is 1. The van der Waals surface area contributed by atoms with Crippen LogP contribution in [0.5, 0.6) is 5.75 Å². The van der Waals surface area contributed by atoms with Crippen LogP contribution >= 0.6 is 11.6 Å². The number of amides is 1. The van der Waals surface area contributed by atoms with E-state index in [1.54, 1.807) is 35.2 Å². The Morgan fingerprint density at radius 3 is 2.63 bits per heavy atom. The van der Waals surface area contributed by atoms with Crippen molar-refractivity contribution >= 4 is 28.4 Å². The van der Waals surface area contributed by atoms with Crippen molar-refractivity contribution in [1.82, 2.24) is 14.5 Å². The van der Waals surface area contributed by atoms with Gasteiger partial charge in [0.05, 0.1) is 29.4 Å². The van der Waals surface area contributed by atoms with Gasteiger partial charge in [0.25, 0.3) is 11.5 Å². The summed E-state index contributed by atoms with van der Waals surface area (Å²) in [4.78, 5) is 31.1. The molecule has 3 aromatic rings. The molecule has 1 aromatic heterocycles. The second-order valence-corrected chi connectivity index (χ2v) is 7.98. The number of carbonyl (C=O) groups excluding carboxylic acids is 1. The Bertz CT molecular complexity index is 1110. The van der Waals surface area contributed by atoms with Gasteiger partial charge in [-0.25, -0.2) is 4.98 Å². The second-order valence-electron chi connectivity index (χ2n) is 7.55. The van der Waals surface area contributed by atoms with E-state index in [4.69, 9.17) is 16.3 Å². The molecule has 1 fully saturated rings. The summed E-state index contributed by atoms with van der Waals surface area (Å²) in [6.07, 6.45) is 2.18. The van der Waals surface area contributed by atoms with Gasteiger partial charge in [0.1, 0.15) is 5.75 Å². The topological polar surface area (TPSA) is 84.7 Å². The van der Waals surface area contributed by atoms with Crippen molar-refractivity contribution in [3.63, 3.8) is 0 Å². The van der Waals surface area contributed by atoms with E-state index < -0.39 is 5.60 Å². The number of rotatable bonds is 5. The number of aliphatic hydroxyl groups is 1. The smallest absolute Gasteiger partial charge is 0.261 e. The minimum absolute atomic E-state index is 0.0426. The van der Waals surface area contributed by atoms with Gasteiger partial charge in [-0.1, -0.05) is 29.8 Å². The van der Waals surface area contributed by atoms with E-state index in [9.17, 15) is 14.7 Å². The fraction of sp³-hybridized carbons (Fsp3) is 0.318. The molecule has 4 rings (SSSR count). The van der Waals surface area contributed by atoms with Crippen LogP contribution in [0.1, 0.15) is 12.8 Å². The molecule has 1 aliphatic rings. The average Bonchev–Trinajstić information content (AvgIpc) is 2.75. The van der Waals surface area contributed by atoms with Gasteiger partial charge in [0, 0.05) is 18.1 Å². The van der Waals surface area contributed by atoms with E-state index in [0.29, 0.717) is 47.6 Å². The van der Waals surface area contributed by atoms with Gasteiger partial charge in [-0.2, -0.15) is 0 Å². The lowest BCUT2D eigenvalue weighted by atomic mass is 9.91. The molecule has 30 heavy (non-hydrogen) atoms. The number of ether oxygens (including phenoxy) is 1. The molecule has 2 aromatic carbocycles. The highest BCUT2D eigenvalue weighted by atomic mass is 35.5. The van der Waals surface area contributed by atoms with E-state index >= 15 is 0 Å². The van der Waals surface area contributed by atoms with Crippen LogP contribution in [0.15, 0.2) is 59.7 Å². The van der Waals surface area contributed by atoms with Gasteiger partial charge < -0.3 is 14.7 Å². The number of hydrogen-bond donors (Lipinski definition) is 1. The standard InChI is InChI=1S/C22H22ClN3O4/c23-16-6-7-18-19(12-16)24-15-26(21(18)28)14-22(29)8-10-25(11-9-22)20(27)13-30-17-4-2-1-3-5-17/h1-7,12,15,29H,8-11,13-14H2. The maximum atomic E-state index is 12.7. The molecule has 2 heterocycles. The summed E-state index contributed by atoms with van der Waals surface area (Å²) in [5.41, 5.74) is -0.780. The molecule has 8 heteroatoms. The molecule has 1 saturated heterocycles. The predicted molar refractivity (Wildman–Crippen MR) is 114 cm³/mol. The molecule has 0 bridgehead atoms. The predicted octanol–water partition coefficient (Wildman–Crippen LogP) is 2.48. The fourth-order valence-corrected chi connectivity index (χ4v) is 3.81. The molecule has 1 aliphatic heterocycles. The largest absolute Gasteiger partial charge is 0.484 e. The lowest BCUT2D eigenvalue weighted by molar-refractivity contribution is -0.138. The monoisotopic (exact) mass is 427 g/mol. The van der Waals surface area contributed by atoms with Crippen LogP contribution in [-0.2, 0) is 11.3 Å². The molecule has 0 radical (unpaired) electrons. The van der Waals surface area contributed by atoms with Gasteiger partial charge in [0.2, 0.25) is 0 Å². The molecule has 0 spiro atoms. The van der Waals surface area contributed by atoms with Crippen LogP contribution in [0.2, 0.25) is 5.02 Å². The maximum Gasteiger partial charge on any atom is 0.261 e. The molecule has 7 nitrogen and oxygen atoms in total. The van der Waals surface area contributed by atoms with Crippen molar-refractivity contribution in [2.45, 2.75) is 25.0 Å². The highest BCUT2D eigenvalue weighted by Crippen LogP contribution is 2.24. The molecular weight excluding hydrogens is 406 g/mol. The minimum atomic E-state index is -1.08. The first-order valence-electron chi connectivity index (χ1n) is 9.76. The van der Waals surface area contributed by atoms with Crippen molar-refractivity contribution in [3.05, 3.63) is 70.2 Å². The molecule has 0 unspecified atom stereocenters. The van der Waals surface area contributed by atoms with Gasteiger partial charge in [-0.05, 0) is 43.2 Å². The Labute approximate surface area is 178 Å². The normalized spacial score (nSPS) is 15.9. The summed E-state index contributed by atoms with van der Waals surface area (Å²) in [5, 5.41) is 12.0. The van der Waals surface area contributed by atoms with Gasteiger partial charge in [-0.3, -0.25) is 14.2 Å². The zero-order chi connectivity index (χ0) is 21.1. The van der Waals surface area contributed by atoms with Crippen molar-refractivity contribution in [1.29, 1.82) is 0 Å². The van der Waals surface area contributed by atoms with Crippen molar-refractivity contribution in [2.75, 3.05) is 19.7 Å². The van der Waals surface area contributed by atoms with E-state index in [0.717, 1.165) is 0 Å². The number of nitrogens with zero attached hydrogens (tertiary/aromatic N) is 3. The van der Waals surface area contributed by atoms with Gasteiger partial charge in [-0.15, -0.1) is 0 Å². The second kappa shape index (κ2) is 8.45. The minimum Gasteiger partial charge on any atom is -0.484 e. The Morgan fingerprint density at radius 2 is 1.90 bits per heavy atom. The highest BCUT2D eigenvalue weighted by molar-refractivity contribution is 6.31. The summed E-state index contributed by atoms with van der Waals surface area (Å²) in [6, 6.07) is 14.1. The number of hydrogen-bond acceptors (Lipinski definition) is 5. The van der Waals surface area contributed by atoms with E-state index in [-0.39, 0.29) is 24.6 Å². The number of fused-ring (bicyclic) bond motifs is 1. The van der Waals surface area contributed by atoms with Gasteiger partial charge in [0.15, 0.2) is 6.61 Å². The zero-order valence-electron chi connectivity index (χ0n) is 16.3. The number of piperidine rings is 1. The molecule has 0 aliphatic carbocycles. The SMILES string of the molecule is O=C(COc1ccccc1)N1CCC(O)(Cn2cnc3cc(Cl)ccc3c2=O)CC1. The first kappa shape index (κ1) is 20.4. The lowest BCUT2D eigenvalue weighted by Gasteiger charge is -2.38. The molecule has 1 amide bonds. The molecule has 0 atom stereocenters. The van der Waals surface area contributed by atoms with E-state index in [1.807, 2.05) is 18.2 Å². The first-order valence-corrected chi connectivity index (χ1v) is 10.1. The summed E-state index contributed by atoms with van der Waals surface area (Å²) in [6.45, 7) is 0.886. The summed E-state index contributed by atoms with van der Waals surface area (Å²) in [5.74, 6) is 0.520. The lowest BCUT2D eigenvalue weighted by Crippen LogP contribution is -2.50. The van der Waals surface area contributed by atoms with Crippen LogP contribution in [0.25, 0.3) is 10.9 Å². The third-order valence-electron chi connectivity index (χ3n) is 5.40. The van der Waals surface area contributed by atoms with Crippen molar-refractivity contribution in [2.24, 2.45) is 0 Å². The number of carbonyl (C=O) groups is 1. The Hall–Kier alpha value is -2.90. The fourth-order valence-electron chi connectivity index (χ4n) is 3.64. The number of benzene rings is 2. The van der Waals surface area contributed by atoms with E-state index in [1.165, 1.54) is 10.9 Å². The van der Waals surface area contributed by atoms with Crippen molar-refractivity contribution in [3.8, 4) is 5.75 Å². The van der Waals surface area contributed by atoms with Crippen molar-refractivity contribution < 1.29 is 14.6 Å². The Balaban J connectivity index is 1.37. The Kier molecular flexibility index (Phi) is 5.74. The summed E-state index contributed by atoms with van der Waals surface area (Å²) < 4.78 is 6.94. The molecule has 156 valence electrons. The van der Waals surface area contributed by atoms with Crippen LogP contribution in [0.4, 0.5) is 0 Å². The van der Waals surface area contributed by atoms with Crippen LogP contribution < -0.4 is 10.3 Å². The Morgan fingerprint density at radius 1 is 1.17 bits per heavy atom. The highest BCUT2D eigenvalue weighted by Gasteiger charge is 2.34. The zero-order valence-corrected chi connectivity index (χ0v) is 17.1. The summed E-state index contributed by atoms with van der Waals surface area (Å²) in [7, 11) is 0. The average molecular weight is 428 g/mol.